The fraction of sp³-hybridized carbons (Fsp3) is 0.647. The van der Waals surface area contributed by atoms with Crippen LogP contribution in [0.2, 0.25) is 18.1 Å². The summed E-state index contributed by atoms with van der Waals surface area (Å²) in [5.74, 6) is -0.569. The number of unbranched alkanes of at least 4 members (excludes halogenated alkanes) is 1. The Balaban J connectivity index is 4.28. The number of ether oxygens (including phenoxy) is 1. The minimum Gasteiger partial charge on any atom is -0.516 e. The van der Waals surface area contributed by atoms with Crippen LogP contribution in [0.15, 0.2) is 23.8 Å². The van der Waals surface area contributed by atoms with Gasteiger partial charge in [0.1, 0.15) is 0 Å². The highest BCUT2D eigenvalue weighted by atomic mass is 28.4. The van der Waals surface area contributed by atoms with E-state index in [1.165, 1.54) is 0 Å². The Kier molecular flexibility index (Phi) is 9.73. The lowest BCUT2D eigenvalue weighted by molar-refractivity contribution is -0.139. The van der Waals surface area contributed by atoms with E-state index in [1.54, 1.807) is 13.8 Å². The molecule has 0 aliphatic carbocycles. The number of carbonyl (C=O) groups is 2. The first-order valence-electron chi connectivity index (χ1n) is 8.04. The third-order valence-electron chi connectivity index (χ3n) is 3.94. The van der Waals surface area contributed by atoms with Crippen molar-refractivity contribution >= 4 is 20.3 Å². The lowest BCUT2D eigenvalue weighted by Gasteiger charge is -2.27. The van der Waals surface area contributed by atoms with Crippen LogP contribution in [0.4, 0.5) is 0 Å². The normalized spacial score (nSPS) is 12.0. The van der Waals surface area contributed by atoms with Gasteiger partial charge in [0, 0.05) is 11.1 Å². The number of hydrogen-bond donors (Lipinski definition) is 0. The monoisotopic (exact) mass is 326 g/mol. The second-order valence-corrected chi connectivity index (χ2v) is 10.3. The van der Waals surface area contributed by atoms with E-state index in [9.17, 15) is 9.59 Å². The van der Waals surface area contributed by atoms with E-state index >= 15 is 0 Å². The van der Waals surface area contributed by atoms with Crippen LogP contribution in [0.5, 0.6) is 0 Å². The van der Waals surface area contributed by atoms with E-state index in [-0.39, 0.29) is 11.9 Å². The van der Waals surface area contributed by atoms with Crippen molar-refractivity contribution in [1.82, 2.24) is 0 Å². The maximum Gasteiger partial charge on any atom is 0.333 e. The fourth-order valence-electron chi connectivity index (χ4n) is 2.02. The molecule has 4 nitrogen and oxygen atoms in total. The zero-order chi connectivity index (χ0) is 17.2. The number of rotatable bonds is 10. The van der Waals surface area contributed by atoms with Crippen molar-refractivity contribution < 1.29 is 18.8 Å². The Bertz CT molecular complexity index is 414. The third kappa shape index (κ3) is 7.07. The summed E-state index contributed by atoms with van der Waals surface area (Å²) < 4.78 is 10.8. The Hall–Kier alpha value is -1.36. The van der Waals surface area contributed by atoms with Gasteiger partial charge in [0.2, 0.25) is 0 Å². The predicted molar refractivity (Wildman–Crippen MR) is 92.1 cm³/mol. The molecule has 0 aliphatic rings. The molecule has 126 valence electrons. The van der Waals surface area contributed by atoms with Crippen LogP contribution >= 0.6 is 0 Å². The minimum atomic E-state index is -1.89. The smallest absolute Gasteiger partial charge is 0.333 e. The van der Waals surface area contributed by atoms with Gasteiger partial charge in [-0.2, -0.15) is 0 Å². The Labute approximate surface area is 135 Å². The molecule has 0 amide bonds. The average Bonchev–Trinajstić information content (AvgIpc) is 2.51. The van der Waals surface area contributed by atoms with E-state index < -0.39 is 8.32 Å². The molecule has 0 fully saturated rings. The molecule has 0 radical (unpaired) electrons. The summed E-state index contributed by atoms with van der Waals surface area (Å²) >= 11 is 0. The van der Waals surface area contributed by atoms with Crippen LogP contribution in [-0.2, 0) is 18.8 Å². The highest BCUT2D eigenvalue weighted by molar-refractivity contribution is 6.75. The van der Waals surface area contributed by atoms with Gasteiger partial charge >= 0.3 is 11.9 Å². The van der Waals surface area contributed by atoms with Crippen molar-refractivity contribution in [3.05, 3.63) is 23.8 Å². The summed E-state index contributed by atoms with van der Waals surface area (Å²) in [5.41, 5.74) is 1.04. The van der Waals surface area contributed by atoms with E-state index in [2.05, 4.69) is 27.4 Å². The zero-order valence-corrected chi connectivity index (χ0v) is 15.7. The molecule has 0 aromatic rings. The van der Waals surface area contributed by atoms with Crippen molar-refractivity contribution in [2.45, 2.75) is 65.6 Å². The quantitative estimate of drug-likeness (QED) is 0.259. The van der Waals surface area contributed by atoms with Gasteiger partial charge in [0.15, 0.2) is 0 Å². The van der Waals surface area contributed by atoms with Gasteiger partial charge in [-0.1, -0.05) is 33.4 Å². The molecule has 0 heterocycles. The van der Waals surface area contributed by atoms with Gasteiger partial charge < -0.3 is 9.16 Å². The van der Waals surface area contributed by atoms with Crippen LogP contribution in [0.1, 0.15) is 47.5 Å². The molecule has 0 aromatic heterocycles. The molecule has 0 N–H and O–H groups in total. The number of esters is 1. The lowest BCUT2D eigenvalue weighted by Crippen LogP contribution is -2.38. The van der Waals surface area contributed by atoms with E-state index in [0.717, 1.165) is 18.1 Å². The van der Waals surface area contributed by atoms with Crippen molar-refractivity contribution in [1.29, 1.82) is 0 Å². The van der Waals surface area contributed by atoms with Gasteiger partial charge in [0.25, 0.3) is 8.32 Å². The predicted octanol–water partition coefficient (Wildman–Crippen LogP) is 4.38. The molecular formula is C17H30O4Si. The summed E-state index contributed by atoms with van der Waals surface area (Å²) in [6.07, 6.45) is 3.22. The maximum absolute atomic E-state index is 12.1. The lowest BCUT2D eigenvalue weighted by atomic mass is 10.2. The molecular weight excluding hydrogens is 296 g/mol. The molecule has 0 rings (SSSR count). The molecule has 0 bridgehead atoms. The number of allylic oxidation sites excluding steroid dienone is 1. The number of hydrogen-bond acceptors (Lipinski definition) is 4. The van der Waals surface area contributed by atoms with Crippen molar-refractivity contribution in [2.24, 2.45) is 0 Å². The van der Waals surface area contributed by atoms with Crippen LogP contribution in [0.25, 0.3) is 0 Å². The molecule has 0 unspecified atom stereocenters. The standard InChI is InChI=1S/C17H30O4Si/c1-7-22(8-2,9-3)21-17(19)15(6)12-10-11-13-20-16(18)14(4)5/h12H,4,7-11,13H2,1-3,5-6H3. The molecule has 22 heavy (non-hydrogen) atoms. The first-order chi connectivity index (χ1) is 10.3. The Morgan fingerprint density at radius 2 is 1.59 bits per heavy atom. The molecule has 0 saturated heterocycles. The highest BCUT2D eigenvalue weighted by Gasteiger charge is 2.32. The number of carbonyl (C=O) groups excluding carboxylic acids is 2. The molecule has 0 spiro atoms. The van der Waals surface area contributed by atoms with Crippen molar-refractivity contribution in [3.8, 4) is 0 Å². The second kappa shape index (κ2) is 10.4. The summed E-state index contributed by atoms with van der Waals surface area (Å²) in [6, 6.07) is 2.86. The third-order valence-corrected chi connectivity index (χ3v) is 8.43. The van der Waals surface area contributed by atoms with E-state index in [4.69, 9.17) is 9.16 Å². The first-order valence-corrected chi connectivity index (χ1v) is 10.6. The summed E-state index contributed by atoms with van der Waals surface area (Å²) in [5, 5.41) is 0. The van der Waals surface area contributed by atoms with Gasteiger partial charge in [0.05, 0.1) is 6.61 Å². The van der Waals surface area contributed by atoms with Gasteiger partial charge in [-0.3, -0.25) is 0 Å². The topological polar surface area (TPSA) is 52.6 Å². The minimum absolute atomic E-state index is 0.198. The second-order valence-electron chi connectivity index (χ2n) is 5.58. The molecule has 0 atom stereocenters. The van der Waals surface area contributed by atoms with Crippen LogP contribution in [-0.4, -0.2) is 26.9 Å². The summed E-state index contributed by atoms with van der Waals surface area (Å²) in [6.45, 7) is 13.6. The Morgan fingerprint density at radius 3 is 2.05 bits per heavy atom. The summed E-state index contributed by atoms with van der Waals surface area (Å²) in [7, 11) is -1.89. The van der Waals surface area contributed by atoms with E-state index in [0.29, 0.717) is 30.6 Å². The van der Waals surface area contributed by atoms with Crippen LogP contribution < -0.4 is 0 Å². The average molecular weight is 327 g/mol. The van der Waals surface area contributed by atoms with Crippen molar-refractivity contribution in [3.63, 3.8) is 0 Å². The summed E-state index contributed by atoms with van der Waals surface area (Å²) in [4.78, 5) is 23.3. The largest absolute Gasteiger partial charge is 0.516 e. The molecule has 0 saturated carbocycles. The molecule has 5 heteroatoms. The highest BCUT2D eigenvalue weighted by Crippen LogP contribution is 2.23. The molecule has 0 aromatic carbocycles. The SMILES string of the molecule is C=C(C)C(=O)OCCCC=C(C)C(=O)O[Si](CC)(CC)CC. The zero-order valence-electron chi connectivity index (χ0n) is 14.7. The van der Waals surface area contributed by atoms with Crippen molar-refractivity contribution in [2.75, 3.05) is 6.61 Å². The fourth-order valence-corrected chi connectivity index (χ4v) is 4.50. The van der Waals surface area contributed by atoms with Crippen LogP contribution in [0, 0.1) is 0 Å². The molecule has 0 aliphatic heterocycles. The first kappa shape index (κ1) is 20.6. The van der Waals surface area contributed by atoms with Gasteiger partial charge in [-0.25, -0.2) is 9.59 Å². The van der Waals surface area contributed by atoms with Crippen LogP contribution in [0.3, 0.4) is 0 Å². The maximum atomic E-state index is 12.1. The van der Waals surface area contributed by atoms with Gasteiger partial charge in [-0.15, -0.1) is 0 Å². The Morgan fingerprint density at radius 1 is 1.05 bits per heavy atom. The van der Waals surface area contributed by atoms with E-state index in [1.807, 2.05) is 6.08 Å². The van der Waals surface area contributed by atoms with Gasteiger partial charge in [-0.05, 0) is 44.8 Å².